The molecule has 1 saturated heterocycles. The number of halogens is 3. The molecular weight excluding hydrogens is 449 g/mol. The lowest BCUT2D eigenvalue weighted by Gasteiger charge is -2.16. The summed E-state index contributed by atoms with van der Waals surface area (Å²) >= 11 is 1.68. The summed E-state index contributed by atoms with van der Waals surface area (Å²) in [5.74, 6) is 2.03. The molecule has 10 heteroatoms. The van der Waals surface area contributed by atoms with Gasteiger partial charge in [0.25, 0.3) is 0 Å². The van der Waals surface area contributed by atoms with E-state index >= 15 is 0 Å². The molecule has 3 aromatic rings. The minimum absolute atomic E-state index is 0.252. The van der Waals surface area contributed by atoms with E-state index in [0.29, 0.717) is 17.4 Å². The quantitative estimate of drug-likeness (QED) is 0.367. The van der Waals surface area contributed by atoms with Gasteiger partial charge in [0.15, 0.2) is 11.0 Å². The van der Waals surface area contributed by atoms with Crippen molar-refractivity contribution in [3.8, 4) is 11.5 Å². The van der Waals surface area contributed by atoms with Crippen LogP contribution in [0.4, 0.5) is 13.2 Å². The fourth-order valence-corrected chi connectivity index (χ4v) is 5.72. The Hall–Kier alpha value is -2.46. The largest absolute Gasteiger partial charge is 0.416 e. The molecule has 0 radical (unpaired) electrons. The normalized spacial score (nSPS) is 22.8. The molecule has 1 saturated carbocycles. The lowest BCUT2D eigenvalue weighted by atomic mass is 9.97. The number of thioether (sulfide) groups is 1. The summed E-state index contributed by atoms with van der Waals surface area (Å²) in [5, 5.41) is 17.4. The molecule has 1 aliphatic heterocycles. The van der Waals surface area contributed by atoms with Crippen molar-refractivity contribution >= 4 is 11.8 Å². The van der Waals surface area contributed by atoms with E-state index in [2.05, 4.69) is 25.3 Å². The van der Waals surface area contributed by atoms with E-state index in [9.17, 15) is 13.2 Å². The molecule has 0 bridgehead atoms. The first-order chi connectivity index (χ1) is 15.9. The summed E-state index contributed by atoms with van der Waals surface area (Å²) in [5.41, 5.74) is 1.43. The molecule has 0 amide bonds. The summed E-state index contributed by atoms with van der Waals surface area (Å²) in [6.07, 6.45) is 0.596. The van der Waals surface area contributed by atoms with Crippen LogP contribution in [0.25, 0.3) is 11.5 Å². The van der Waals surface area contributed by atoms with Crippen molar-refractivity contribution in [2.24, 2.45) is 12.5 Å². The van der Waals surface area contributed by atoms with Crippen LogP contribution < -0.4 is 0 Å². The zero-order valence-electron chi connectivity index (χ0n) is 18.3. The molecule has 33 heavy (non-hydrogen) atoms. The highest BCUT2D eigenvalue weighted by Crippen LogP contribution is 2.64. The molecule has 0 N–H and O–H groups in total. The van der Waals surface area contributed by atoms with Crippen molar-refractivity contribution in [1.29, 1.82) is 0 Å². The molecule has 174 valence electrons. The summed E-state index contributed by atoms with van der Waals surface area (Å²) in [4.78, 5) is 2.49. The first-order valence-electron chi connectivity index (χ1n) is 11.1. The first kappa shape index (κ1) is 22.3. The topological polar surface area (TPSA) is 59.7 Å². The number of likely N-dealkylation sites (tertiary alicyclic amines) is 1. The van der Waals surface area contributed by atoms with Crippen molar-refractivity contribution in [3.63, 3.8) is 0 Å². The molecule has 2 aliphatic rings. The van der Waals surface area contributed by atoms with Gasteiger partial charge >= 0.3 is 6.18 Å². The highest BCUT2D eigenvalue weighted by molar-refractivity contribution is 7.99. The van der Waals surface area contributed by atoms with E-state index < -0.39 is 11.7 Å². The minimum atomic E-state index is -4.27. The third kappa shape index (κ3) is 4.63. The minimum Gasteiger partial charge on any atom is -0.304 e. The van der Waals surface area contributed by atoms with E-state index in [-0.39, 0.29) is 5.41 Å². The van der Waals surface area contributed by atoms with E-state index in [4.69, 9.17) is 0 Å². The zero-order chi connectivity index (χ0) is 23.1. The summed E-state index contributed by atoms with van der Waals surface area (Å²) in [6.45, 7) is 3.11. The molecule has 6 nitrogen and oxygen atoms in total. The van der Waals surface area contributed by atoms with Gasteiger partial charge in [0.2, 0.25) is 0 Å². The summed E-state index contributed by atoms with van der Waals surface area (Å²) in [6, 6.07) is 9.45. The highest BCUT2D eigenvalue weighted by Gasteiger charge is 2.57. The Kier molecular flexibility index (Phi) is 5.90. The maximum atomic E-state index is 12.8. The van der Waals surface area contributed by atoms with Gasteiger partial charge in [-0.1, -0.05) is 23.9 Å². The van der Waals surface area contributed by atoms with Crippen LogP contribution in [-0.4, -0.2) is 55.2 Å². The van der Waals surface area contributed by atoms with Gasteiger partial charge in [0.1, 0.15) is 5.69 Å². The maximum Gasteiger partial charge on any atom is 0.416 e. The number of hydrogen-bond acceptors (Lipinski definition) is 6. The molecule has 1 aliphatic carbocycles. The van der Waals surface area contributed by atoms with Gasteiger partial charge in [-0.2, -0.15) is 18.3 Å². The summed E-state index contributed by atoms with van der Waals surface area (Å²) in [7, 11) is 1.94. The van der Waals surface area contributed by atoms with Gasteiger partial charge < -0.3 is 9.47 Å². The smallest absolute Gasteiger partial charge is 0.304 e. The Morgan fingerprint density at radius 1 is 1.12 bits per heavy atom. The number of benzene rings is 1. The third-order valence-electron chi connectivity index (χ3n) is 6.78. The van der Waals surface area contributed by atoms with Crippen LogP contribution in [0.2, 0.25) is 0 Å². The number of hydrogen-bond donors (Lipinski definition) is 0. The van der Waals surface area contributed by atoms with E-state index in [0.717, 1.165) is 55.4 Å². The Bertz CT molecular complexity index is 1100. The average molecular weight is 475 g/mol. The molecular formula is C23H25F3N6S. The van der Waals surface area contributed by atoms with Gasteiger partial charge in [-0.15, -0.1) is 15.3 Å². The second-order valence-electron chi connectivity index (χ2n) is 8.94. The lowest BCUT2D eigenvalue weighted by molar-refractivity contribution is -0.137. The summed E-state index contributed by atoms with van der Waals surface area (Å²) < 4.78 is 40.4. The van der Waals surface area contributed by atoms with Gasteiger partial charge in [-0.25, -0.2) is 0 Å². The Morgan fingerprint density at radius 2 is 1.94 bits per heavy atom. The van der Waals surface area contributed by atoms with Crippen LogP contribution in [0.15, 0.2) is 47.8 Å². The molecule has 2 atom stereocenters. The second kappa shape index (κ2) is 8.72. The zero-order valence-corrected chi connectivity index (χ0v) is 19.1. The molecule has 1 unspecified atom stereocenters. The third-order valence-corrected chi connectivity index (χ3v) is 7.89. The fraction of sp³-hybridized carbons (Fsp3) is 0.478. The Balaban J connectivity index is 1.09. The van der Waals surface area contributed by atoms with Crippen molar-refractivity contribution < 1.29 is 13.2 Å². The van der Waals surface area contributed by atoms with Gasteiger partial charge in [0, 0.05) is 25.5 Å². The van der Waals surface area contributed by atoms with Crippen LogP contribution >= 0.6 is 11.8 Å². The van der Waals surface area contributed by atoms with E-state index in [1.807, 2.05) is 23.7 Å². The molecule has 3 heterocycles. The molecule has 2 aromatic heterocycles. The molecule has 5 rings (SSSR count). The van der Waals surface area contributed by atoms with Crippen LogP contribution in [0.1, 0.15) is 36.3 Å². The lowest BCUT2D eigenvalue weighted by Crippen LogP contribution is -2.23. The predicted molar refractivity (Wildman–Crippen MR) is 120 cm³/mol. The predicted octanol–water partition coefficient (Wildman–Crippen LogP) is 4.65. The van der Waals surface area contributed by atoms with Gasteiger partial charge in [-0.3, -0.25) is 0 Å². The monoisotopic (exact) mass is 474 g/mol. The molecule has 2 fully saturated rings. The van der Waals surface area contributed by atoms with Gasteiger partial charge in [0.05, 0.1) is 5.56 Å². The first-order valence-corrected chi connectivity index (χ1v) is 12.0. The van der Waals surface area contributed by atoms with Crippen LogP contribution in [0.3, 0.4) is 0 Å². The highest BCUT2D eigenvalue weighted by atomic mass is 32.2. The van der Waals surface area contributed by atoms with Crippen LogP contribution in [-0.2, 0) is 13.2 Å². The van der Waals surface area contributed by atoms with Crippen molar-refractivity contribution in [2.45, 2.75) is 36.5 Å². The van der Waals surface area contributed by atoms with E-state index in [1.165, 1.54) is 12.1 Å². The van der Waals surface area contributed by atoms with Crippen molar-refractivity contribution in [2.75, 3.05) is 25.4 Å². The number of alkyl halides is 3. The number of nitrogens with zero attached hydrogens (tertiary/aromatic N) is 6. The van der Waals surface area contributed by atoms with Gasteiger partial charge in [-0.05, 0) is 73.5 Å². The molecule has 1 aromatic carbocycles. The Labute approximate surface area is 194 Å². The number of aromatic nitrogens is 5. The average Bonchev–Trinajstić information content (AvgIpc) is 3.15. The Morgan fingerprint density at radius 3 is 2.67 bits per heavy atom. The fourth-order valence-electron chi connectivity index (χ4n) is 4.89. The second-order valence-corrected chi connectivity index (χ2v) is 10.0. The van der Waals surface area contributed by atoms with Crippen molar-refractivity contribution in [1.82, 2.24) is 29.9 Å². The van der Waals surface area contributed by atoms with E-state index in [1.54, 1.807) is 30.1 Å². The SMILES string of the molecule is Cn1c(SCCCN2CCC3(C[C@@H]3c3ccc(C(F)(F)F)cc3)C2)nnc1-c1cccnn1. The molecule has 1 spiro atoms. The van der Waals surface area contributed by atoms with Crippen LogP contribution in [0.5, 0.6) is 0 Å². The number of rotatable bonds is 7. The maximum absolute atomic E-state index is 12.8. The van der Waals surface area contributed by atoms with Crippen molar-refractivity contribution in [3.05, 3.63) is 53.7 Å². The van der Waals surface area contributed by atoms with Crippen LogP contribution in [0, 0.1) is 5.41 Å². The standard InChI is InChI=1S/C23H25F3N6S/c1-31-20(19-4-2-10-27-28-19)29-30-21(31)33-13-3-11-32-12-9-22(15-32)14-18(22)16-5-7-17(8-6-16)23(24,25)26/h2,4-8,10,18H,3,9,11-15H2,1H3/t18-,22?/m1/s1.